The summed E-state index contributed by atoms with van der Waals surface area (Å²) in [5, 5.41) is 17.7. The lowest BCUT2D eigenvalue weighted by molar-refractivity contribution is 0.0924. The molecule has 5 nitrogen and oxygen atoms in total. The maximum Gasteiger partial charge on any atom is 0.121 e. The summed E-state index contributed by atoms with van der Waals surface area (Å²) >= 11 is 0. The average molecular weight is 259 g/mol. The number of aliphatic hydroxyl groups excluding tert-OH is 1. The van der Waals surface area contributed by atoms with Crippen LogP contribution in [0.3, 0.4) is 0 Å². The van der Waals surface area contributed by atoms with Gasteiger partial charge >= 0.3 is 0 Å². The molecule has 100 valence electrons. The van der Waals surface area contributed by atoms with Crippen molar-refractivity contribution in [3.63, 3.8) is 0 Å². The van der Waals surface area contributed by atoms with Gasteiger partial charge in [-0.2, -0.15) is 0 Å². The van der Waals surface area contributed by atoms with Gasteiger partial charge in [0, 0.05) is 24.1 Å². The van der Waals surface area contributed by atoms with Gasteiger partial charge in [-0.15, -0.1) is 0 Å². The molecule has 0 aliphatic rings. The average Bonchev–Trinajstić information content (AvgIpc) is 2.39. The summed E-state index contributed by atoms with van der Waals surface area (Å²) in [7, 11) is 0. The van der Waals surface area contributed by atoms with Gasteiger partial charge in [0.1, 0.15) is 18.5 Å². The Hall–Kier alpha value is -2.27. The van der Waals surface area contributed by atoms with E-state index >= 15 is 0 Å². The molecule has 0 unspecified atom stereocenters. The monoisotopic (exact) mass is 259 g/mol. The zero-order valence-corrected chi connectivity index (χ0v) is 10.5. The molecule has 1 aromatic heterocycles. The van der Waals surface area contributed by atoms with Gasteiger partial charge < -0.3 is 25.6 Å². The van der Waals surface area contributed by atoms with Crippen LogP contribution >= 0.6 is 0 Å². The van der Waals surface area contributed by atoms with E-state index in [0.29, 0.717) is 23.3 Å². The molecule has 2 rings (SSSR count). The van der Waals surface area contributed by atoms with Gasteiger partial charge in [-0.25, -0.2) is 0 Å². The molecule has 4 N–H and O–H groups in total. The first-order valence-corrected chi connectivity index (χ1v) is 6.00. The molecular formula is C14H17N3O2. The number of rotatable bonds is 5. The van der Waals surface area contributed by atoms with Crippen molar-refractivity contribution in [3.8, 4) is 5.75 Å². The van der Waals surface area contributed by atoms with Crippen LogP contribution in [0.5, 0.6) is 5.75 Å². The van der Waals surface area contributed by atoms with Crippen LogP contribution < -0.4 is 15.8 Å². The van der Waals surface area contributed by atoms with Crippen molar-refractivity contribution in [1.82, 2.24) is 4.57 Å². The Bertz CT molecular complexity index is 575. The van der Waals surface area contributed by atoms with Crippen LogP contribution in [0, 0.1) is 5.41 Å². The first-order valence-electron chi connectivity index (χ1n) is 6.00. The lowest BCUT2D eigenvalue weighted by Crippen LogP contribution is -2.23. The van der Waals surface area contributed by atoms with Crippen LogP contribution in [0.4, 0.5) is 5.69 Å². The second kappa shape index (κ2) is 6.06. The van der Waals surface area contributed by atoms with Crippen LogP contribution in [-0.4, -0.2) is 22.4 Å². The quantitative estimate of drug-likeness (QED) is 0.700. The van der Waals surface area contributed by atoms with Crippen LogP contribution in [0.25, 0.3) is 0 Å². The summed E-state index contributed by atoms with van der Waals surface area (Å²) in [5.41, 5.74) is 6.27. The molecular weight excluding hydrogens is 242 g/mol. The van der Waals surface area contributed by atoms with E-state index in [9.17, 15) is 5.11 Å². The lowest BCUT2D eigenvalue weighted by Gasteiger charge is -2.14. The van der Waals surface area contributed by atoms with E-state index in [-0.39, 0.29) is 6.61 Å². The number of hydrogen-bond acceptors (Lipinski definition) is 4. The van der Waals surface area contributed by atoms with Gasteiger partial charge in [-0.3, -0.25) is 0 Å². The van der Waals surface area contributed by atoms with E-state index in [1.54, 1.807) is 48.8 Å². The van der Waals surface area contributed by atoms with E-state index in [1.807, 2.05) is 4.57 Å². The second-order valence-electron chi connectivity index (χ2n) is 4.32. The Morgan fingerprint density at radius 3 is 2.68 bits per heavy atom. The van der Waals surface area contributed by atoms with Crippen molar-refractivity contribution in [2.45, 2.75) is 12.6 Å². The smallest absolute Gasteiger partial charge is 0.121 e. The zero-order valence-electron chi connectivity index (χ0n) is 10.5. The van der Waals surface area contributed by atoms with Gasteiger partial charge in [-0.05, 0) is 24.3 Å². The molecule has 1 aromatic carbocycles. The summed E-state index contributed by atoms with van der Waals surface area (Å²) in [6.07, 6.45) is 2.89. The summed E-state index contributed by atoms with van der Waals surface area (Å²) in [6.45, 7) is 0.613. The van der Waals surface area contributed by atoms with Gasteiger partial charge in [0.15, 0.2) is 0 Å². The van der Waals surface area contributed by atoms with E-state index < -0.39 is 6.10 Å². The highest BCUT2D eigenvalue weighted by Crippen LogP contribution is 2.14. The van der Waals surface area contributed by atoms with E-state index in [2.05, 4.69) is 0 Å². The zero-order chi connectivity index (χ0) is 13.7. The molecule has 5 heteroatoms. The van der Waals surface area contributed by atoms with Crippen molar-refractivity contribution in [1.29, 1.82) is 5.41 Å². The fourth-order valence-corrected chi connectivity index (χ4v) is 1.67. The van der Waals surface area contributed by atoms with Crippen molar-refractivity contribution >= 4 is 5.69 Å². The Balaban J connectivity index is 1.86. The Morgan fingerprint density at radius 1 is 1.26 bits per heavy atom. The number of nitrogens with zero attached hydrogens (tertiary/aromatic N) is 1. The first kappa shape index (κ1) is 13.2. The van der Waals surface area contributed by atoms with Crippen molar-refractivity contribution in [3.05, 3.63) is 54.1 Å². The normalized spacial score (nSPS) is 12.1. The number of aromatic nitrogens is 1. The van der Waals surface area contributed by atoms with E-state index in [4.69, 9.17) is 15.9 Å². The standard InChI is InChI=1S/C14H17N3O2/c15-11-4-6-17(7-5-11)9-13(18)10-19-14-3-1-2-12(16)8-14/h1-8,13,15,18H,9-10,16H2/t13-/m0/s1. The molecule has 0 amide bonds. The molecule has 1 atom stereocenters. The molecule has 0 spiro atoms. The van der Waals surface area contributed by atoms with Crippen molar-refractivity contribution in [2.75, 3.05) is 12.3 Å². The highest BCUT2D eigenvalue weighted by Gasteiger charge is 2.05. The maximum absolute atomic E-state index is 9.88. The fraction of sp³-hybridized carbons (Fsp3) is 0.214. The number of nitrogens with one attached hydrogen (secondary N) is 1. The highest BCUT2D eigenvalue weighted by atomic mass is 16.5. The number of ether oxygens (including phenoxy) is 1. The van der Waals surface area contributed by atoms with Crippen molar-refractivity contribution in [2.24, 2.45) is 0 Å². The molecule has 0 aliphatic carbocycles. The number of aliphatic hydroxyl groups is 1. The van der Waals surface area contributed by atoms with Crippen molar-refractivity contribution < 1.29 is 9.84 Å². The minimum Gasteiger partial charge on any atom is -0.491 e. The molecule has 0 saturated carbocycles. The lowest BCUT2D eigenvalue weighted by atomic mass is 10.3. The second-order valence-corrected chi connectivity index (χ2v) is 4.32. The Morgan fingerprint density at radius 2 is 2.00 bits per heavy atom. The molecule has 1 heterocycles. The topological polar surface area (TPSA) is 84.3 Å². The number of hydrogen-bond donors (Lipinski definition) is 3. The number of pyridine rings is 1. The first-order chi connectivity index (χ1) is 9.13. The van der Waals surface area contributed by atoms with Crippen LogP contribution in [0.1, 0.15) is 0 Å². The largest absolute Gasteiger partial charge is 0.491 e. The fourth-order valence-electron chi connectivity index (χ4n) is 1.67. The van der Waals surface area contributed by atoms with Crippen LogP contribution in [-0.2, 0) is 6.54 Å². The predicted molar refractivity (Wildman–Crippen MR) is 72.6 cm³/mol. The minimum atomic E-state index is -0.622. The molecule has 19 heavy (non-hydrogen) atoms. The third-order valence-electron chi connectivity index (χ3n) is 2.61. The third-order valence-corrected chi connectivity index (χ3v) is 2.61. The number of anilines is 1. The van der Waals surface area contributed by atoms with Gasteiger partial charge in [0.2, 0.25) is 0 Å². The maximum atomic E-state index is 9.88. The molecule has 0 aliphatic heterocycles. The highest BCUT2D eigenvalue weighted by molar-refractivity contribution is 5.43. The molecule has 0 saturated heterocycles. The van der Waals surface area contributed by atoms with E-state index in [0.717, 1.165) is 0 Å². The summed E-state index contributed by atoms with van der Waals surface area (Å²) < 4.78 is 7.28. The third kappa shape index (κ3) is 4.15. The molecule has 0 radical (unpaired) electrons. The summed E-state index contributed by atoms with van der Waals surface area (Å²) in [4.78, 5) is 0. The summed E-state index contributed by atoms with van der Waals surface area (Å²) in [6, 6.07) is 10.4. The SMILES string of the molecule is N=c1ccn(C[C@H](O)COc2cccc(N)c2)cc1. The Labute approximate surface area is 111 Å². The summed E-state index contributed by atoms with van der Waals surface area (Å²) in [5.74, 6) is 0.644. The van der Waals surface area contributed by atoms with Gasteiger partial charge in [0.05, 0.1) is 11.9 Å². The molecule has 0 bridgehead atoms. The van der Waals surface area contributed by atoms with E-state index in [1.165, 1.54) is 0 Å². The number of benzene rings is 1. The van der Waals surface area contributed by atoms with Crippen LogP contribution in [0.15, 0.2) is 48.8 Å². The van der Waals surface area contributed by atoms with Crippen LogP contribution in [0.2, 0.25) is 0 Å². The molecule has 2 aromatic rings. The molecule has 0 fully saturated rings. The minimum absolute atomic E-state index is 0.194. The predicted octanol–water partition coefficient (Wildman–Crippen LogP) is 0.990. The number of nitrogens with two attached hydrogens (primary N) is 1. The van der Waals surface area contributed by atoms with Gasteiger partial charge in [0.25, 0.3) is 0 Å². The van der Waals surface area contributed by atoms with Gasteiger partial charge in [-0.1, -0.05) is 6.07 Å². The Kier molecular flexibility index (Phi) is 4.20. The number of nitrogen functional groups attached to an aromatic ring is 1.